The van der Waals surface area contributed by atoms with Gasteiger partial charge < -0.3 is 5.73 Å². The SMILES string of the molecule is Cn1nc(-c2ccc3c(c2)CCCC3)cc1CN. The van der Waals surface area contributed by atoms with Crippen molar-refractivity contribution < 1.29 is 0 Å². The van der Waals surface area contributed by atoms with Crippen LogP contribution in [0.15, 0.2) is 24.3 Å². The van der Waals surface area contributed by atoms with Crippen LogP contribution in [-0.2, 0) is 26.4 Å². The molecule has 18 heavy (non-hydrogen) atoms. The molecule has 1 aliphatic carbocycles. The fraction of sp³-hybridized carbons (Fsp3) is 0.400. The molecule has 0 unspecified atom stereocenters. The number of nitrogens with zero attached hydrogens (tertiary/aromatic N) is 2. The Kier molecular flexibility index (Phi) is 2.92. The molecule has 0 bridgehead atoms. The molecule has 0 aliphatic heterocycles. The normalized spacial score (nSPS) is 14.6. The zero-order valence-corrected chi connectivity index (χ0v) is 10.8. The minimum Gasteiger partial charge on any atom is -0.325 e. The van der Waals surface area contributed by atoms with Crippen LogP contribution in [0.5, 0.6) is 0 Å². The lowest BCUT2D eigenvalue weighted by Gasteiger charge is -2.15. The van der Waals surface area contributed by atoms with Crippen molar-refractivity contribution >= 4 is 0 Å². The predicted octanol–water partition coefficient (Wildman–Crippen LogP) is 2.42. The first kappa shape index (κ1) is 11.5. The largest absolute Gasteiger partial charge is 0.325 e. The quantitative estimate of drug-likeness (QED) is 0.877. The minimum atomic E-state index is 0.536. The summed E-state index contributed by atoms with van der Waals surface area (Å²) in [6.07, 6.45) is 5.08. The molecule has 0 atom stereocenters. The number of fused-ring (bicyclic) bond motifs is 1. The molecule has 2 N–H and O–H groups in total. The Morgan fingerprint density at radius 3 is 2.67 bits per heavy atom. The van der Waals surface area contributed by atoms with Crippen LogP contribution < -0.4 is 5.73 Å². The van der Waals surface area contributed by atoms with Crippen molar-refractivity contribution in [2.45, 2.75) is 32.2 Å². The Bertz CT molecular complexity index is 569. The number of benzene rings is 1. The highest BCUT2D eigenvalue weighted by molar-refractivity contribution is 5.61. The molecular weight excluding hydrogens is 222 g/mol. The van der Waals surface area contributed by atoms with E-state index in [0.717, 1.165) is 11.4 Å². The standard InChI is InChI=1S/C15H19N3/c1-18-14(10-16)9-15(17-18)13-7-6-11-4-2-3-5-12(11)8-13/h6-9H,2-5,10,16H2,1H3. The van der Waals surface area contributed by atoms with Crippen LogP contribution in [0.1, 0.15) is 29.7 Å². The third-order valence-electron chi connectivity index (χ3n) is 3.83. The lowest BCUT2D eigenvalue weighted by molar-refractivity contribution is 0.685. The Labute approximate surface area is 108 Å². The average Bonchev–Trinajstić information content (AvgIpc) is 2.79. The van der Waals surface area contributed by atoms with Crippen LogP contribution in [0.4, 0.5) is 0 Å². The number of rotatable bonds is 2. The van der Waals surface area contributed by atoms with E-state index in [1.54, 1.807) is 0 Å². The summed E-state index contributed by atoms with van der Waals surface area (Å²) >= 11 is 0. The van der Waals surface area contributed by atoms with Crippen molar-refractivity contribution in [1.29, 1.82) is 0 Å². The van der Waals surface area contributed by atoms with E-state index in [9.17, 15) is 0 Å². The summed E-state index contributed by atoms with van der Waals surface area (Å²) in [6, 6.07) is 8.84. The molecule has 0 saturated carbocycles. The van der Waals surface area contributed by atoms with E-state index in [1.165, 1.54) is 42.4 Å². The second kappa shape index (κ2) is 4.58. The van der Waals surface area contributed by atoms with Gasteiger partial charge in [-0.05, 0) is 48.9 Å². The van der Waals surface area contributed by atoms with E-state index in [0.29, 0.717) is 6.54 Å². The van der Waals surface area contributed by atoms with Crippen molar-refractivity contribution in [3.05, 3.63) is 41.1 Å². The van der Waals surface area contributed by atoms with E-state index < -0.39 is 0 Å². The Morgan fingerprint density at radius 1 is 1.17 bits per heavy atom. The Morgan fingerprint density at radius 2 is 1.94 bits per heavy atom. The fourth-order valence-corrected chi connectivity index (χ4v) is 2.73. The van der Waals surface area contributed by atoms with Gasteiger partial charge in [0.15, 0.2) is 0 Å². The minimum absolute atomic E-state index is 0.536. The molecule has 0 radical (unpaired) electrons. The molecule has 3 rings (SSSR count). The maximum Gasteiger partial charge on any atom is 0.0926 e. The zero-order valence-electron chi connectivity index (χ0n) is 10.8. The zero-order chi connectivity index (χ0) is 12.5. The fourth-order valence-electron chi connectivity index (χ4n) is 2.73. The molecule has 2 aromatic rings. The molecule has 3 heteroatoms. The summed E-state index contributed by atoms with van der Waals surface area (Å²) < 4.78 is 1.87. The lowest BCUT2D eigenvalue weighted by Crippen LogP contribution is -2.03. The Hall–Kier alpha value is -1.61. The van der Waals surface area contributed by atoms with Crippen LogP contribution in [0, 0.1) is 0 Å². The maximum atomic E-state index is 5.69. The van der Waals surface area contributed by atoms with Gasteiger partial charge in [-0.25, -0.2) is 0 Å². The van der Waals surface area contributed by atoms with Crippen molar-refractivity contribution in [3.8, 4) is 11.3 Å². The molecule has 1 aliphatic rings. The van der Waals surface area contributed by atoms with Crippen molar-refractivity contribution in [3.63, 3.8) is 0 Å². The van der Waals surface area contributed by atoms with Gasteiger partial charge in [0, 0.05) is 19.2 Å². The van der Waals surface area contributed by atoms with Gasteiger partial charge in [0.25, 0.3) is 0 Å². The van der Waals surface area contributed by atoms with Crippen LogP contribution in [0.25, 0.3) is 11.3 Å². The molecule has 1 heterocycles. The topological polar surface area (TPSA) is 43.8 Å². The van der Waals surface area contributed by atoms with Gasteiger partial charge in [0.05, 0.1) is 11.4 Å². The van der Waals surface area contributed by atoms with Crippen LogP contribution in [0.3, 0.4) is 0 Å². The first-order chi connectivity index (χ1) is 8.78. The van der Waals surface area contributed by atoms with Crippen molar-refractivity contribution in [1.82, 2.24) is 9.78 Å². The highest BCUT2D eigenvalue weighted by Crippen LogP contribution is 2.27. The second-order valence-electron chi connectivity index (χ2n) is 5.04. The van der Waals surface area contributed by atoms with E-state index in [-0.39, 0.29) is 0 Å². The van der Waals surface area contributed by atoms with E-state index in [4.69, 9.17) is 5.73 Å². The Balaban J connectivity index is 2.00. The average molecular weight is 241 g/mol. The number of aromatic nitrogens is 2. The first-order valence-corrected chi connectivity index (χ1v) is 6.63. The molecular formula is C15H19N3. The van der Waals surface area contributed by atoms with Crippen molar-refractivity contribution in [2.24, 2.45) is 12.8 Å². The molecule has 0 spiro atoms. The highest BCUT2D eigenvalue weighted by Gasteiger charge is 2.12. The van der Waals surface area contributed by atoms with Gasteiger partial charge in [0.1, 0.15) is 0 Å². The van der Waals surface area contributed by atoms with Gasteiger partial charge in [-0.1, -0.05) is 12.1 Å². The number of aryl methyl sites for hydroxylation is 3. The van der Waals surface area contributed by atoms with E-state index >= 15 is 0 Å². The van der Waals surface area contributed by atoms with Gasteiger partial charge >= 0.3 is 0 Å². The summed E-state index contributed by atoms with van der Waals surface area (Å²) in [6.45, 7) is 0.536. The summed E-state index contributed by atoms with van der Waals surface area (Å²) in [5, 5.41) is 4.54. The molecule has 1 aromatic carbocycles. The predicted molar refractivity (Wildman–Crippen MR) is 73.2 cm³/mol. The summed E-state index contributed by atoms with van der Waals surface area (Å²) in [7, 11) is 1.95. The van der Waals surface area contributed by atoms with E-state index in [1.807, 2.05) is 11.7 Å². The second-order valence-corrected chi connectivity index (χ2v) is 5.04. The summed E-state index contributed by atoms with van der Waals surface area (Å²) in [5.41, 5.74) is 12.0. The first-order valence-electron chi connectivity index (χ1n) is 6.63. The molecule has 1 aromatic heterocycles. The van der Waals surface area contributed by atoms with Crippen LogP contribution >= 0.6 is 0 Å². The van der Waals surface area contributed by atoms with Gasteiger partial charge in [-0.15, -0.1) is 0 Å². The summed E-state index contributed by atoms with van der Waals surface area (Å²) in [5.74, 6) is 0. The third kappa shape index (κ3) is 1.95. The van der Waals surface area contributed by atoms with Gasteiger partial charge in [0.2, 0.25) is 0 Å². The van der Waals surface area contributed by atoms with Gasteiger partial charge in [-0.2, -0.15) is 5.10 Å². The maximum absolute atomic E-state index is 5.69. The molecule has 3 nitrogen and oxygen atoms in total. The highest BCUT2D eigenvalue weighted by atomic mass is 15.3. The van der Waals surface area contributed by atoms with E-state index in [2.05, 4.69) is 29.4 Å². The molecule has 0 saturated heterocycles. The number of hydrogen-bond donors (Lipinski definition) is 1. The van der Waals surface area contributed by atoms with Crippen molar-refractivity contribution in [2.75, 3.05) is 0 Å². The van der Waals surface area contributed by atoms with Gasteiger partial charge in [-0.3, -0.25) is 4.68 Å². The third-order valence-corrected chi connectivity index (χ3v) is 3.83. The summed E-state index contributed by atoms with van der Waals surface area (Å²) in [4.78, 5) is 0. The molecule has 0 amide bonds. The smallest absolute Gasteiger partial charge is 0.0926 e. The molecule has 0 fully saturated rings. The number of nitrogens with two attached hydrogens (primary N) is 1. The monoisotopic (exact) mass is 241 g/mol. The van der Waals surface area contributed by atoms with Crippen LogP contribution in [0.2, 0.25) is 0 Å². The lowest BCUT2D eigenvalue weighted by atomic mass is 9.90. The van der Waals surface area contributed by atoms with Crippen LogP contribution in [-0.4, -0.2) is 9.78 Å². The number of hydrogen-bond acceptors (Lipinski definition) is 2. The molecule has 94 valence electrons.